The molecule has 0 saturated heterocycles. The number of alkyl halides is 3. The zero-order valence-electron chi connectivity index (χ0n) is 16.7. The number of urea groups is 1. The van der Waals surface area contributed by atoms with E-state index in [4.69, 9.17) is 4.74 Å². The number of halogens is 4. The fraction of sp³-hybridized carbons (Fsp3) is 0.0435. The number of carbonyl (C=O) groups is 1. The average Bonchev–Trinajstić information content (AvgIpc) is 3.31. The van der Waals surface area contributed by atoms with Crippen LogP contribution in [0.2, 0.25) is 0 Å². The number of carbonyl (C=O) groups excluding carboxylic acids is 1. The third-order valence-electron chi connectivity index (χ3n) is 4.44. The Kier molecular flexibility index (Phi) is 6.27. The van der Waals surface area contributed by atoms with E-state index in [0.29, 0.717) is 11.4 Å². The minimum Gasteiger partial charge on any atom is -0.457 e. The molecule has 2 N–H and O–H groups in total. The molecule has 0 saturated carbocycles. The van der Waals surface area contributed by atoms with Crippen molar-refractivity contribution in [2.45, 2.75) is 6.18 Å². The Morgan fingerprint density at radius 2 is 1.70 bits per heavy atom. The van der Waals surface area contributed by atoms with Crippen LogP contribution in [0.5, 0.6) is 11.5 Å². The van der Waals surface area contributed by atoms with Crippen LogP contribution in [0.4, 0.5) is 33.7 Å². The molecule has 2 heterocycles. The molecule has 0 spiro atoms. The summed E-state index contributed by atoms with van der Waals surface area (Å²) in [6, 6.07) is 12.2. The Labute approximate surface area is 189 Å². The molecule has 5 nitrogen and oxygen atoms in total. The van der Waals surface area contributed by atoms with E-state index >= 15 is 0 Å². The standard InChI is InChI=1S/C23H15F4N3O2S/c24-19-6-5-17(32-18-7-9-28-20(11-18)14-8-10-33-13-14)12-21(19)30-22(31)29-16-3-1-15(2-4-16)23(25,26)27/h1-13H,(H2,29,30,31). The molecule has 0 aliphatic carbocycles. The second-order valence-electron chi connectivity index (χ2n) is 6.79. The number of nitrogens with zero attached hydrogens (tertiary/aromatic N) is 1. The highest BCUT2D eigenvalue weighted by atomic mass is 32.1. The van der Waals surface area contributed by atoms with Crippen molar-refractivity contribution < 1.29 is 27.1 Å². The van der Waals surface area contributed by atoms with Crippen molar-refractivity contribution in [3.05, 3.63) is 89.0 Å². The van der Waals surface area contributed by atoms with Crippen molar-refractivity contribution in [2.75, 3.05) is 10.6 Å². The third-order valence-corrected chi connectivity index (χ3v) is 5.12. The lowest BCUT2D eigenvalue weighted by molar-refractivity contribution is -0.137. The van der Waals surface area contributed by atoms with Crippen LogP contribution in [0.25, 0.3) is 11.3 Å². The fourth-order valence-corrected chi connectivity index (χ4v) is 3.52. The van der Waals surface area contributed by atoms with Gasteiger partial charge in [0.15, 0.2) is 0 Å². The van der Waals surface area contributed by atoms with Gasteiger partial charge in [0.1, 0.15) is 17.3 Å². The van der Waals surface area contributed by atoms with E-state index in [1.54, 1.807) is 18.3 Å². The van der Waals surface area contributed by atoms with Crippen LogP contribution < -0.4 is 15.4 Å². The highest BCUT2D eigenvalue weighted by Gasteiger charge is 2.30. The highest BCUT2D eigenvalue weighted by Crippen LogP contribution is 2.31. The van der Waals surface area contributed by atoms with Gasteiger partial charge in [-0.3, -0.25) is 4.98 Å². The van der Waals surface area contributed by atoms with Crippen LogP contribution in [0.3, 0.4) is 0 Å². The quantitative estimate of drug-likeness (QED) is 0.297. The topological polar surface area (TPSA) is 63.2 Å². The number of nitrogens with one attached hydrogen (secondary N) is 2. The Balaban J connectivity index is 1.44. The summed E-state index contributed by atoms with van der Waals surface area (Å²) in [5.41, 5.74) is 0.759. The van der Waals surface area contributed by atoms with Crippen molar-refractivity contribution in [1.29, 1.82) is 0 Å². The first kappa shape index (κ1) is 22.3. The molecule has 0 aliphatic rings. The predicted molar refractivity (Wildman–Crippen MR) is 118 cm³/mol. The average molecular weight is 473 g/mol. The Bertz CT molecular complexity index is 1260. The molecule has 4 aromatic rings. The smallest absolute Gasteiger partial charge is 0.416 e. The minimum absolute atomic E-state index is 0.117. The summed E-state index contributed by atoms with van der Waals surface area (Å²) >= 11 is 1.54. The van der Waals surface area contributed by atoms with Gasteiger partial charge < -0.3 is 15.4 Å². The van der Waals surface area contributed by atoms with Gasteiger partial charge in [0.05, 0.1) is 16.9 Å². The van der Waals surface area contributed by atoms with E-state index in [9.17, 15) is 22.4 Å². The van der Waals surface area contributed by atoms with E-state index in [0.717, 1.165) is 35.9 Å². The predicted octanol–water partition coefficient (Wildman–Crippen LogP) is 7.40. The molecular formula is C23H15F4N3O2S. The molecule has 0 atom stereocenters. The first-order valence-electron chi connectivity index (χ1n) is 9.49. The molecule has 33 heavy (non-hydrogen) atoms. The number of hydrogen-bond donors (Lipinski definition) is 2. The van der Waals surface area contributed by atoms with Crippen LogP contribution in [-0.4, -0.2) is 11.0 Å². The van der Waals surface area contributed by atoms with E-state index in [2.05, 4.69) is 15.6 Å². The summed E-state index contributed by atoms with van der Waals surface area (Å²) in [4.78, 5) is 16.5. The van der Waals surface area contributed by atoms with Gasteiger partial charge in [-0.2, -0.15) is 24.5 Å². The van der Waals surface area contributed by atoms with Gasteiger partial charge in [-0.05, 0) is 53.9 Å². The van der Waals surface area contributed by atoms with Crippen molar-refractivity contribution in [3.63, 3.8) is 0 Å². The maximum Gasteiger partial charge on any atom is 0.416 e. The van der Waals surface area contributed by atoms with Crippen molar-refractivity contribution in [2.24, 2.45) is 0 Å². The molecule has 2 amide bonds. The number of thiophene rings is 1. The molecule has 0 fully saturated rings. The molecule has 0 bridgehead atoms. The lowest BCUT2D eigenvalue weighted by Gasteiger charge is -2.12. The van der Waals surface area contributed by atoms with E-state index in [1.807, 2.05) is 16.8 Å². The molecular weight excluding hydrogens is 458 g/mol. The van der Waals surface area contributed by atoms with Crippen LogP contribution in [0.15, 0.2) is 77.6 Å². The summed E-state index contributed by atoms with van der Waals surface area (Å²) in [5.74, 6) is 0.0280. The van der Waals surface area contributed by atoms with Gasteiger partial charge in [0, 0.05) is 35.0 Å². The van der Waals surface area contributed by atoms with Gasteiger partial charge in [-0.1, -0.05) is 0 Å². The number of aromatic nitrogens is 1. The number of amides is 2. The minimum atomic E-state index is -4.48. The Morgan fingerprint density at radius 1 is 0.939 bits per heavy atom. The summed E-state index contributed by atoms with van der Waals surface area (Å²) in [6.45, 7) is 0. The van der Waals surface area contributed by atoms with Gasteiger partial charge in [0.25, 0.3) is 0 Å². The van der Waals surface area contributed by atoms with E-state index in [-0.39, 0.29) is 17.1 Å². The molecule has 10 heteroatoms. The zero-order valence-corrected chi connectivity index (χ0v) is 17.5. The number of ether oxygens (including phenoxy) is 1. The largest absolute Gasteiger partial charge is 0.457 e. The van der Waals surface area contributed by atoms with Crippen LogP contribution in [0, 0.1) is 5.82 Å². The summed E-state index contributed by atoms with van der Waals surface area (Å²) in [7, 11) is 0. The molecule has 0 unspecified atom stereocenters. The second-order valence-corrected chi connectivity index (χ2v) is 7.57. The van der Waals surface area contributed by atoms with Gasteiger partial charge in [-0.15, -0.1) is 0 Å². The molecule has 4 rings (SSSR count). The number of benzene rings is 2. The van der Waals surface area contributed by atoms with Gasteiger partial charge in [-0.25, -0.2) is 9.18 Å². The molecule has 2 aromatic heterocycles. The molecule has 0 radical (unpaired) electrons. The van der Waals surface area contributed by atoms with Crippen LogP contribution >= 0.6 is 11.3 Å². The summed E-state index contributed by atoms with van der Waals surface area (Å²) in [5, 5.41) is 8.56. The molecule has 0 aliphatic heterocycles. The van der Waals surface area contributed by atoms with Gasteiger partial charge >= 0.3 is 12.2 Å². The van der Waals surface area contributed by atoms with Crippen molar-refractivity contribution >= 4 is 28.7 Å². The fourth-order valence-electron chi connectivity index (χ4n) is 2.87. The number of rotatable bonds is 5. The third kappa shape index (κ3) is 5.66. The maximum atomic E-state index is 14.2. The second kappa shape index (κ2) is 9.29. The number of pyridine rings is 1. The SMILES string of the molecule is O=C(Nc1ccc(C(F)(F)F)cc1)Nc1cc(Oc2ccnc(-c3ccsc3)c2)ccc1F. The lowest BCUT2D eigenvalue weighted by Crippen LogP contribution is -2.20. The van der Waals surface area contributed by atoms with Crippen molar-refractivity contribution in [3.8, 4) is 22.8 Å². The maximum absolute atomic E-state index is 14.2. The number of anilines is 2. The first-order valence-corrected chi connectivity index (χ1v) is 10.4. The van der Waals surface area contributed by atoms with E-state index < -0.39 is 23.6 Å². The Morgan fingerprint density at radius 3 is 2.39 bits per heavy atom. The normalized spacial score (nSPS) is 11.2. The molecule has 2 aromatic carbocycles. The van der Waals surface area contributed by atoms with Crippen molar-refractivity contribution in [1.82, 2.24) is 4.98 Å². The van der Waals surface area contributed by atoms with Crippen LogP contribution in [-0.2, 0) is 6.18 Å². The monoisotopic (exact) mass is 473 g/mol. The lowest BCUT2D eigenvalue weighted by atomic mass is 10.2. The summed E-state index contributed by atoms with van der Waals surface area (Å²) < 4.78 is 57.9. The van der Waals surface area contributed by atoms with E-state index in [1.165, 1.54) is 23.5 Å². The van der Waals surface area contributed by atoms with Crippen LogP contribution in [0.1, 0.15) is 5.56 Å². The van der Waals surface area contributed by atoms with Gasteiger partial charge in [0.2, 0.25) is 0 Å². The molecule has 168 valence electrons. The first-order chi connectivity index (χ1) is 15.8. The summed E-state index contributed by atoms with van der Waals surface area (Å²) in [6.07, 6.45) is -2.90. The highest BCUT2D eigenvalue weighted by molar-refractivity contribution is 7.08. The Hall–Kier alpha value is -3.92. The number of hydrogen-bond acceptors (Lipinski definition) is 4. The zero-order chi connectivity index (χ0) is 23.4.